The van der Waals surface area contributed by atoms with Gasteiger partial charge in [-0.05, 0) is 12.8 Å². The Hall–Kier alpha value is -1.06. The van der Waals surface area contributed by atoms with E-state index in [1.807, 2.05) is 0 Å². The van der Waals surface area contributed by atoms with Gasteiger partial charge in [-0.2, -0.15) is 0 Å². The molecule has 0 spiro atoms. The zero-order chi connectivity index (χ0) is 12.7. The maximum absolute atomic E-state index is 11.5. The van der Waals surface area contributed by atoms with Crippen molar-refractivity contribution in [1.29, 1.82) is 0 Å². The fraction of sp³-hybridized carbons (Fsp3) is 0.846. The van der Waals surface area contributed by atoms with E-state index in [0.29, 0.717) is 19.4 Å². The van der Waals surface area contributed by atoms with Crippen molar-refractivity contribution >= 4 is 11.9 Å². The first kappa shape index (κ1) is 14.0. The summed E-state index contributed by atoms with van der Waals surface area (Å²) < 4.78 is 0. The summed E-state index contributed by atoms with van der Waals surface area (Å²) in [5.74, 6) is -0.854. The van der Waals surface area contributed by atoms with Gasteiger partial charge in [0.25, 0.3) is 0 Å². The predicted octanol–water partition coefficient (Wildman–Crippen LogP) is 2.42. The highest BCUT2D eigenvalue weighted by Gasteiger charge is 2.35. The second-order valence-electron chi connectivity index (χ2n) is 4.75. The lowest BCUT2D eigenvalue weighted by molar-refractivity contribution is -0.146. The second kappa shape index (κ2) is 7.30. The lowest BCUT2D eigenvalue weighted by atomic mass is 10.1. The Morgan fingerprint density at radius 3 is 2.59 bits per heavy atom. The molecular formula is C13H23NO3. The molecule has 1 atom stereocenters. The number of carbonyl (C=O) groups is 2. The second-order valence-corrected chi connectivity index (χ2v) is 4.75. The van der Waals surface area contributed by atoms with Crippen LogP contribution in [0.1, 0.15) is 58.3 Å². The standard InChI is InChI=1S/C13H23NO3/c1-2-3-4-5-6-7-10-14-11(13(16)17)8-9-12(14)15/h11H,2-10H2,1H3,(H,16,17). The highest BCUT2D eigenvalue weighted by molar-refractivity contribution is 5.87. The van der Waals surface area contributed by atoms with Gasteiger partial charge in [-0.15, -0.1) is 0 Å². The smallest absolute Gasteiger partial charge is 0.326 e. The van der Waals surface area contributed by atoms with Crippen molar-refractivity contribution in [1.82, 2.24) is 4.90 Å². The van der Waals surface area contributed by atoms with Gasteiger partial charge in [0, 0.05) is 13.0 Å². The molecule has 0 radical (unpaired) electrons. The number of amides is 1. The van der Waals surface area contributed by atoms with Gasteiger partial charge in [0.2, 0.25) is 5.91 Å². The SMILES string of the molecule is CCCCCCCCN1C(=O)CCC1C(=O)O. The molecular weight excluding hydrogens is 218 g/mol. The molecule has 0 bridgehead atoms. The van der Waals surface area contributed by atoms with E-state index < -0.39 is 12.0 Å². The van der Waals surface area contributed by atoms with Gasteiger partial charge >= 0.3 is 5.97 Å². The van der Waals surface area contributed by atoms with E-state index in [1.165, 1.54) is 25.7 Å². The number of hydrogen-bond donors (Lipinski definition) is 1. The van der Waals surface area contributed by atoms with Gasteiger partial charge in [0.05, 0.1) is 0 Å². The van der Waals surface area contributed by atoms with Crippen molar-refractivity contribution in [2.24, 2.45) is 0 Å². The zero-order valence-electron chi connectivity index (χ0n) is 10.7. The van der Waals surface area contributed by atoms with Crippen molar-refractivity contribution in [3.63, 3.8) is 0 Å². The minimum absolute atomic E-state index is 0.00552. The first-order valence-electron chi connectivity index (χ1n) is 6.69. The molecule has 17 heavy (non-hydrogen) atoms. The molecule has 1 unspecified atom stereocenters. The quantitative estimate of drug-likeness (QED) is 0.664. The molecule has 0 aromatic carbocycles. The Morgan fingerprint density at radius 2 is 1.94 bits per heavy atom. The maximum Gasteiger partial charge on any atom is 0.326 e. The summed E-state index contributed by atoms with van der Waals surface area (Å²) in [6, 6.07) is -0.571. The number of carboxylic acids is 1. The number of unbranched alkanes of at least 4 members (excludes halogenated alkanes) is 5. The number of aliphatic carboxylic acids is 1. The monoisotopic (exact) mass is 241 g/mol. The van der Waals surface area contributed by atoms with Crippen LogP contribution in [-0.4, -0.2) is 34.5 Å². The molecule has 1 rings (SSSR count). The van der Waals surface area contributed by atoms with Gasteiger partial charge in [0.1, 0.15) is 6.04 Å². The van der Waals surface area contributed by atoms with Crippen molar-refractivity contribution < 1.29 is 14.7 Å². The van der Waals surface area contributed by atoms with Crippen molar-refractivity contribution in [2.75, 3.05) is 6.54 Å². The van der Waals surface area contributed by atoms with Crippen molar-refractivity contribution in [3.05, 3.63) is 0 Å². The molecule has 0 aliphatic carbocycles. The number of carboxylic acid groups (broad SMARTS) is 1. The van der Waals surface area contributed by atoms with Gasteiger partial charge in [0.15, 0.2) is 0 Å². The molecule has 98 valence electrons. The van der Waals surface area contributed by atoms with E-state index >= 15 is 0 Å². The number of nitrogens with zero attached hydrogens (tertiary/aromatic N) is 1. The van der Waals surface area contributed by atoms with Crippen LogP contribution >= 0.6 is 0 Å². The summed E-state index contributed by atoms with van der Waals surface area (Å²) in [5, 5.41) is 8.98. The molecule has 1 aliphatic rings. The third-order valence-corrected chi connectivity index (χ3v) is 3.37. The molecule has 4 nitrogen and oxygen atoms in total. The van der Waals surface area contributed by atoms with Gasteiger partial charge in [-0.3, -0.25) is 4.79 Å². The van der Waals surface area contributed by atoms with Crippen LogP contribution in [0.3, 0.4) is 0 Å². The van der Waals surface area contributed by atoms with Crippen LogP contribution in [0, 0.1) is 0 Å². The number of carbonyl (C=O) groups excluding carboxylic acids is 1. The first-order valence-corrected chi connectivity index (χ1v) is 6.69. The van der Waals surface area contributed by atoms with E-state index in [9.17, 15) is 9.59 Å². The minimum atomic E-state index is -0.859. The third kappa shape index (κ3) is 4.36. The van der Waals surface area contributed by atoms with E-state index in [0.717, 1.165) is 12.8 Å². The fourth-order valence-corrected chi connectivity index (χ4v) is 2.33. The highest BCUT2D eigenvalue weighted by atomic mass is 16.4. The minimum Gasteiger partial charge on any atom is -0.480 e. The van der Waals surface area contributed by atoms with Crippen molar-refractivity contribution in [3.8, 4) is 0 Å². The van der Waals surface area contributed by atoms with Crippen LogP contribution in [0.15, 0.2) is 0 Å². The third-order valence-electron chi connectivity index (χ3n) is 3.37. The molecule has 1 N–H and O–H groups in total. The van der Waals surface area contributed by atoms with Crippen LogP contribution in [0.25, 0.3) is 0 Å². The Bertz CT molecular complexity index is 265. The van der Waals surface area contributed by atoms with Crippen LogP contribution in [0.2, 0.25) is 0 Å². The molecule has 1 saturated heterocycles. The number of likely N-dealkylation sites (tertiary alicyclic amines) is 1. The lowest BCUT2D eigenvalue weighted by Crippen LogP contribution is -2.39. The number of rotatable bonds is 8. The summed E-state index contributed by atoms with van der Waals surface area (Å²) >= 11 is 0. The van der Waals surface area contributed by atoms with Gasteiger partial charge in [-0.1, -0.05) is 39.0 Å². The van der Waals surface area contributed by atoms with Crippen LogP contribution in [0.5, 0.6) is 0 Å². The van der Waals surface area contributed by atoms with E-state index in [-0.39, 0.29) is 5.91 Å². The molecule has 1 amide bonds. The Labute approximate surface area is 103 Å². The molecule has 0 saturated carbocycles. The van der Waals surface area contributed by atoms with Crippen LogP contribution in [0.4, 0.5) is 0 Å². The first-order chi connectivity index (χ1) is 8.16. The largest absolute Gasteiger partial charge is 0.480 e. The predicted molar refractivity (Wildman–Crippen MR) is 65.7 cm³/mol. The summed E-state index contributed by atoms with van der Waals surface area (Å²) in [4.78, 5) is 24.0. The van der Waals surface area contributed by atoms with Gasteiger partial charge in [-0.25, -0.2) is 4.79 Å². The molecule has 1 fully saturated rings. The average molecular weight is 241 g/mol. The van der Waals surface area contributed by atoms with Crippen molar-refractivity contribution in [2.45, 2.75) is 64.3 Å². The van der Waals surface area contributed by atoms with Crippen LogP contribution < -0.4 is 0 Å². The summed E-state index contributed by atoms with van der Waals surface area (Å²) in [5.41, 5.74) is 0. The number of hydrogen-bond acceptors (Lipinski definition) is 2. The van der Waals surface area contributed by atoms with E-state index in [4.69, 9.17) is 5.11 Å². The Kier molecular flexibility index (Phi) is 6.01. The van der Waals surface area contributed by atoms with Crippen LogP contribution in [-0.2, 0) is 9.59 Å². The molecule has 1 aliphatic heterocycles. The van der Waals surface area contributed by atoms with E-state index in [1.54, 1.807) is 4.90 Å². The summed E-state index contributed by atoms with van der Waals surface area (Å²) in [7, 11) is 0. The van der Waals surface area contributed by atoms with E-state index in [2.05, 4.69) is 6.92 Å². The molecule has 0 aromatic rings. The topological polar surface area (TPSA) is 57.6 Å². The highest BCUT2D eigenvalue weighted by Crippen LogP contribution is 2.19. The average Bonchev–Trinajstić information content (AvgIpc) is 2.65. The summed E-state index contributed by atoms with van der Waals surface area (Å²) in [6.07, 6.45) is 7.82. The Balaban J connectivity index is 2.20. The molecule has 0 aromatic heterocycles. The normalized spacial score (nSPS) is 19.9. The summed E-state index contributed by atoms with van der Waals surface area (Å²) in [6.45, 7) is 2.79. The zero-order valence-corrected chi connectivity index (χ0v) is 10.7. The Morgan fingerprint density at radius 1 is 1.29 bits per heavy atom. The maximum atomic E-state index is 11.5. The fourth-order valence-electron chi connectivity index (χ4n) is 2.33. The van der Waals surface area contributed by atoms with Gasteiger partial charge < -0.3 is 10.0 Å². The molecule has 4 heteroatoms. The lowest BCUT2D eigenvalue weighted by Gasteiger charge is -2.21. The molecule has 1 heterocycles.